The summed E-state index contributed by atoms with van der Waals surface area (Å²) in [4.78, 5) is 16.4. The highest BCUT2D eigenvalue weighted by Crippen LogP contribution is 2.20. The standard InChI is InChI=1S/C14H17N3O3S/c1-9-13(14(18)17-15)21-12(16-9)7-8-20-11-5-3-10(19-2)4-6-11/h3-6H,7-8,15H2,1-2H3,(H,17,18). The van der Waals surface area contributed by atoms with Gasteiger partial charge in [0, 0.05) is 6.42 Å². The fraction of sp³-hybridized carbons (Fsp3) is 0.286. The summed E-state index contributed by atoms with van der Waals surface area (Å²) in [6, 6.07) is 7.37. The van der Waals surface area contributed by atoms with Gasteiger partial charge in [0.15, 0.2) is 0 Å². The lowest BCUT2D eigenvalue weighted by molar-refractivity contribution is 0.0957. The number of nitrogens with two attached hydrogens (primary N) is 1. The summed E-state index contributed by atoms with van der Waals surface area (Å²) in [5.74, 6) is 6.37. The topological polar surface area (TPSA) is 86.5 Å². The summed E-state index contributed by atoms with van der Waals surface area (Å²) in [6.45, 7) is 2.28. The molecule has 0 saturated carbocycles. The van der Waals surface area contributed by atoms with Crippen molar-refractivity contribution in [1.82, 2.24) is 10.4 Å². The second-order valence-corrected chi connectivity index (χ2v) is 5.35. The van der Waals surface area contributed by atoms with Gasteiger partial charge in [0.05, 0.1) is 24.4 Å². The molecule has 0 bridgehead atoms. The maximum Gasteiger partial charge on any atom is 0.277 e. The lowest BCUT2D eigenvalue weighted by Gasteiger charge is -2.05. The number of benzene rings is 1. The third-order valence-corrected chi connectivity index (χ3v) is 4.04. The van der Waals surface area contributed by atoms with E-state index in [9.17, 15) is 4.79 Å². The van der Waals surface area contributed by atoms with Crippen molar-refractivity contribution in [2.75, 3.05) is 13.7 Å². The van der Waals surface area contributed by atoms with Gasteiger partial charge in [-0.1, -0.05) is 0 Å². The van der Waals surface area contributed by atoms with E-state index in [1.807, 2.05) is 24.3 Å². The van der Waals surface area contributed by atoms with Gasteiger partial charge < -0.3 is 9.47 Å². The second kappa shape index (κ2) is 7.05. The highest BCUT2D eigenvalue weighted by Gasteiger charge is 2.13. The lowest BCUT2D eigenvalue weighted by atomic mass is 10.3. The van der Waals surface area contributed by atoms with Crippen molar-refractivity contribution in [1.29, 1.82) is 0 Å². The first kappa shape index (κ1) is 15.3. The number of aromatic nitrogens is 1. The number of methoxy groups -OCH3 is 1. The van der Waals surface area contributed by atoms with Crippen LogP contribution in [-0.2, 0) is 6.42 Å². The Morgan fingerprint density at radius 3 is 2.62 bits per heavy atom. The van der Waals surface area contributed by atoms with Crippen molar-refractivity contribution in [2.45, 2.75) is 13.3 Å². The Hall–Kier alpha value is -2.12. The molecule has 21 heavy (non-hydrogen) atoms. The summed E-state index contributed by atoms with van der Waals surface area (Å²) in [5.41, 5.74) is 2.80. The molecule has 1 amide bonds. The largest absolute Gasteiger partial charge is 0.497 e. The minimum Gasteiger partial charge on any atom is -0.497 e. The van der Waals surface area contributed by atoms with E-state index < -0.39 is 0 Å². The van der Waals surface area contributed by atoms with Gasteiger partial charge in [-0.05, 0) is 31.2 Å². The van der Waals surface area contributed by atoms with Crippen LogP contribution >= 0.6 is 11.3 Å². The molecule has 0 unspecified atom stereocenters. The lowest BCUT2D eigenvalue weighted by Crippen LogP contribution is -2.29. The molecule has 2 aromatic rings. The summed E-state index contributed by atoms with van der Waals surface area (Å²) in [6.07, 6.45) is 0.634. The van der Waals surface area contributed by atoms with E-state index >= 15 is 0 Å². The Labute approximate surface area is 126 Å². The van der Waals surface area contributed by atoms with Gasteiger partial charge in [-0.3, -0.25) is 10.2 Å². The highest BCUT2D eigenvalue weighted by molar-refractivity contribution is 7.13. The van der Waals surface area contributed by atoms with Gasteiger partial charge in [-0.15, -0.1) is 11.3 Å². The third-order valence-electron chi connectivity index (χ3n) is 2.82. The van der Waals surface area contributed by atoms with Crippen LogP contribution in [0.4, 0.5) is 0 Å². The van der Waals surface area contributed by atoms with Crippen molar-refractivity contribution in [2.24, 2.45) is 5.84 Å². The van der Waals surface area contributed by atoms with Crippen molar-refractivity contribution in [3.63, 3.8) is 0 Å². The van der Waals surface area contributed by atoms with Gasteiger partial charge in [-0.2, -0.15) is 0 Å². The number of amides is 1. The number of hydrazine groups is 1. The van der Waals surface area contributed by atoms with Crippen molar-refractivity contribution in [3.05, 3.63) is 39.8 Å². The fourth-order valence-corrected chi connectivity index (χ4v) is 2.71. The maximum absolute atomic E-state index is 11.5. The zero-order chi connectivity index (χ0) is 15.2. The minimum absolute atomic E-state index is 0.313. The van der Waals surface area contributed by atoms with Crippen LogP contribution in [-0.4, -0.2) is 24.6 Å². The van der Waals surface area contributed by atoms with E-state index in [2.05, 4.69) is 10.4 Å². The van der Waals surface area contributed by atoms with E-state index in [0.29, 0.717) is 23.6 Å². The average molecular weight is 307 g/mol. The molecule has 2 rings (SSSR count). The zero-order valence-electron chi connectivity index (χ0n) is 11.9. The first-order valence-electron chi connectivity index (χ1n) is 6.38. The Balaban J connectivity index is 1.89. The molecule has 0 aliphatic carbocycles. The predicted molar refractivity (Wildman–Crippen MR) is 80.7 cm³/mol. The van der Waals surface area contributed by atoms with Crippen LogP contribution in [0.2, 0.25) is 0 Å². The molecule has 1 heterocycles. The molecule has 0 aliphatic heterocycles. The van der Waals surface area contributed by atoms with Crippen LogP contribution in [0.25, 0.3) is 0 Å². The molecule has 1 aromatic heterocycles. The van der Waals surface area contributed by atoms with Crippen molar-refractivity contribution >= 4 is 17.2 Å². The van der Waals surface area contributed by atoms with E-state index in [-0.39, 0.29) is 5.91 Å². The molecule has 112 valence electrons. The van der Waals surface area contributed by atoms with E-state index in [0.717, 1.165) is 16.5 Å². The zero-order valence-corrected chi connectivity index (χ0v) is 12.7. The number of hydrogen-bond donors (Lipinski definition) is 2. The molecule has 0 saturated heterocycles. The normalized spacial score (nSPS) is 10.2. The van der Waals surface area contributed by atoms with Crippen molar-refractivity contribution in [3.8, 4) is 11.5 Å². The maximum atomic E-state index is 11.5. The number of carbonyl (C=O) groups is 1. The molecule has 3 N–H and O–H groups in total. The molecule has 0 aliphatic rings. The van der Waals surface area contributed by atoms with Gasteiger partial charge in [-0.25, -0.2) is 10.8 Å². The smallest absolute Gasteiger partial charge is 0.277 e. The number of ether oxygens (including phenoxy) is 2. The van der Waals surface area contributed by atoms with Crippen LogP contribution in [0.15, 0.2) is 24.3 Å². The van der Waals surface area contributed by atoms with E-state index in [1.54, 1.807) is 14.0 Å². The van der Waals surface area contributed by atoms with Gasteiger partial charge >= 0.3 is 0 Å². The van der Waals surface area contributed by atoms with Crippen molar-refractivity contribution < 1.29 is 14.3 Å². The first-order chi connectivity index (χ1) is 10.1. The first-order valence-corrected chi connectivity index (χ1v) is 7.19. The Kier molecular flexibility index (Phi) is 5.13. The van der Waals surface area contributed by atoms with Gasteiger partial charge in [0.2, 0.25) is 0 Å². The number of rotatable bonds is 6. The average Bonchev–Trinajstić information content (AvgIpc) is 2.88. The van der Waals surface area contributed by atoms with Gasteiger partial charge in [0.1, 0.15) is 16.4 Å². The molecule has 6 nitrogen and oxygen atoms in total. The number of nitrogen functional groups attached to an aromatic ring is 1. The van der Waals surface area contributed by atoms with Crippen LogP contribution in [0.3, 0.4) is 0 Å². The predicted octanol–water partition coefficient (Wildman–Crippen LogP) is 1.69. The number of carbonyl (C=O) groups excluding carboxylic acids is 1. The monoisotopic (exact) mass is 307 g/mol. The van der Waals surface area contributed by atoms with Crippen LogP contribution in [0.5, 0.6) is 11.5 Å². The molecule has 0 atom stereocenters. The van der Waals surface area contributed by atoms with Crippen LogP contribution in [0, 0.1) is 6.92 Å². The van der Waals surface area contributed by atoms with Crippen LogP contribution < -0.4 is 20.7 Å². The molecule has 0 radical (unpaired) electrons. The highest BCUT2D eigenvalue weighted by atomic mass is 32.1. The van der Waals surface area contributed by atoms with Crippen LogP contribution in [0.1, 0.15) is 20.4 Å². The Morgan fingerprint density at radius 2 is 2.00 bits per heavy atom. The van der Waals surface area contributed by atoms with E-state index in [1.165, 1.54) is 11.3 Å². The van der Waals surface area contributed by atoms with E-state index in [4.69, 9.17) is 15.3 Å². The summed E-state index contributed by atoms with van der Waals surface area (Å²) < 4.78 is 10.7. The molecular weight excluding hydrogens is 290 g/mol. The third kappa shape index (κ3) is 3.93. The molecule has 7 heteroatoms. The minimum atomic E-state index is -0.313. The molecule has 0 spiro atoms. The summed E-state index contributed by atoms with van der Waals surface area (Å²) in [5, 5.41) is 0.847. The molecule has 0 fully saturated rings. The Morgan fingerprint density at radius 1 is 1.33 bits per heavy atom. The van der Waals surface area contributed by atoms with Gasteiger partial charge in [0.25, 0.3) is 5.91 Å². The number of hydrogen-bond acceptors (Lipinski definition) is 6. The summed E-state index contributed by atoms with van der Waals surface area (Å²) >= 11 is 1.33. The Bertz CT molecular complexity index is 610. The number of thiazole rings is 1. The summed E-state index contributed by atoms with van der Waals surface area (Å²) in [7, 11) is 1.62. The number of nitrogens with one attached hydrogen (secondary N) is 1. The SMILES string of the molecule is COc1ccc(OCCc2nc(C)c(C(=O)NN)s2)cc1. The molecule has 1 aromatic carbocycles. The number of aryl methyl sites for hydroxylation is 1. The molecular formula is C14H17N3O3S. The second-order valence-electron chi connectivity index (χ2n) is 4.27. The number of nitrogens with zero attached hydrogens (tertiary/aromatic N) is 1. The fourth-order valence-electron chi connectivity index (χ4n) is 1.76. The quantitative estimate of drug-likeness (QED) is 0.482.